The van der Waals surface area contributed by atoms with Gasteiger partial charge in [-0.05, 0) is 55.5 Å². The van der Waals surface area contributed by atoms with Gasteiger partial charge in [0.25, 0.3) is 15.9 Å². The maximum Gasteiger partial charge on any atom is 0.264 e. The van der Waals surface area contributed by atoms with Crippen LogP contribution in [0.3, 0.4) is 0 Å². The van der Waals surface area contributed by atoms with Gasteiger partial charge in [-0.3, -0.25) is 9.10 Å². The van der Waals surface area contributed by atoms with Gasteiger partial charge in [-0.2, -0.15) is 0 Å². The molecule has 2 aromatic carbocycles. The van der Waals surface area contributed by atoms with Crippen LogP contribution in [-0.4, -0.2) is 39.4 Å². The number of carbonyl (C=O) groups excluding carboxylic acids is 1. The van der Waals surface area contributed by atoms with E-state index in [-0.39, 0.29) is 17.4 Å². The quantitative estimate of drug-likeness (QED) is 0.449. The average Bonchev–Trinajstić information content (AvgIpc) is 3.17. The number of benzene rings is 2. The molecule has 1 heterocycles. The average molecular weight is 479 g/mol. The number of nitrogens with zero attached hydrogens (tertiary/aromatic N) is 2. The summed E-state index contributed by atoms with van der Waals surface area (Å²) < 4.78 is 33.6. The van der Waals surface area contributed by atoms with Gasteiger partial charge in [0.1, 0.15) is 5.75 Å². The molecule has 0 unspecified atom stereocenters. The van der Waals surface area contributed by atoms with Gasteiger partial charge < -0.3 is 9.64 Å². The Bertz CT molecular complexity index is 1120. The molecule has 0 saturated heterocycles. The van der Waals surface area contributed by atoms with Crippen LogP contribution in [0.1, 0.15) is 11.8 Å². The van der Waals surface area contributed by atoms with Crippen molar-refractivity contribution in [2.75, 3.05) is 24.5 Å². The number of thiophene rings is 1. The second-order valence-corrected chi connectivity index (χ2v) is 10.4. The molecule has 3 aromatic rings. The Kier molecular flexibility index (Phi) is 7.59. The van der Waals surface area contributed by atoms with E-state index in [4.69, 9.17) is 16.3 Å². The summed E-state index contributed by atoms with van der Waals surface area (Å²) in [6.45, 7) is 2.39. The summed E-state index contributed by atoms with van der Waals surface area (Å²) in [6.07, 6.45) is 0. The van der Waals surface area contributed by atoms with Crippen molar-refractivity contribution in [2.24, 2.45) is 0 Å². The standard InChI is InChI=1S/C22H23ClN2O4S2/c1-3-25(17-7-5-4-6-8-17)31(27,28)20-12-9-18(10-13-20)29-16-22(26)24(2)15-19-11-14-21(23)30-19/h4-14H,3,15-16H2,1-2H3. The Hall–Kier alpha value is -2.55. The monoisotopic (exact) mass is 478 g/mol. The topological polar surface area (TPSA) is 66.9 Å². The normalized spacial score (nSPS) is 11.2. The summed E-state index contributed by atoms with van der Waals surface area (Å²) in [4.78, 5) is 15.0. The van der Waals surface area contributed by atoms with Crippen LogP contribution in [0.15, 0.2) is 71.6 Å². The molecule has 1 amide bonds. The van der Waals surface area contributed by atoms with E-state index in [0.717, 1.165) is 4.88 Å². The Morgan fingerprint density at radius 3 is 2.29 bits per heavy atom. The molecule has 0 N–H and O–H groups in total. The number of halogens is 1. The molecule has 0 radical (unpaired) electrons. The summed E-state index contributed by atoms with van der Waals surface area (Å²) >= 11 is 7.34. The fraction of sp³-hybridized carbons (Fsp3) is 0.227. The smallest absolute Gasteiger partial charge is 0.264 e. The third-order valence-electron chi connectivity index (χ3n) is 4.55. The molecule has 0 atom stereocenters. The molecule has 0 spiro atoms. The SMILES string of the molecule is CCN(c1ccccc1)S(=O)(=O)c1ccc(OCC(=O)N(C)Cc2ccc(Cl)s2)cc1. The first-order valence-electron chi connectivity index (χ1n) is 9.60. The summed E-state index contributed by atoms with van der Waals surface area (Å²) in [6, 6.07) is 18.7. The lowest BCUT2D eigenvalue weighted by molar-refractivity contribution is -0.132. The van der Waals surface area contributed by atoms with Gasteiger partial charge in [0.05, 0.1) is 21.5 Å². The number of para-hydroxylation sites is 1. The molecule has 0 aliphatic heterocycles. The minimum absolute atomic E-state index is 0.146. The lowest BCUT2D eigenvalue weighted by atomic mass is 10.3. The number of carbonyl (C=O) groups is 1. The highest BCUT2D eigenvalue weighted by atomic mass is 35.5. The fourth-order valence-electron chi connectivity index (χ4n) is 2.93. The van der Waals surface area contributed by atoms with E-state index in [0.29, 0.717) is 28.9 Å². The maximum absolute atomic E-state index is 13.0. The van der Waals surface area contributed by atoms with Crippen LogP contribution in [0.5, 0.6) is 5.75 Å². The molecule has 164 valence electrons. The number of likely N-dealkylation sites (N-methyl/N-ethyl adjacent to an activating group) is 1. The maximum atomic E-state index is 13.0. The van der Waals surface area contributed by atoms with E-state index < -0.39 is 10.0 Å². The number of anilines is 1. The van der Waals surface area contributed by atoms with Crippen molar-refractivity contribution in [1.82, 2.24) is 4.90 Å². The van der Waals surface area contributed by atoms with Crippen LogP contribution >= 0.6 is 22.9 Å². The van der Waals surface area contributed by atoms with Gasteiger partial charge in [-0.15, -0.1) is 11.3 Å². The second kappa shape index (κ2) is 10.2. The van der Waals surface area contributed by atoms with E-state index in [2.05, 4.69) is 0 Å². The van der Waals surface area contributed by atoms with Crippen molar-refractivity contribution in [3.63, 3.8) is 0 Å². The van der Waals surface area contributed by atoms with Crippen molar-refractivity contribution < 1.29 is 17.9 Å². The molecule has 0 fully saturated rings. The molecule has 0 aliphatic carbocycles. The van der Waals surface area contributed by atoms with Crippen molar-refractivity contribution in [3.05, 3.63) is 75.9 Å². The number of ether oxygens (including phenoxy) is 1. The molecule has 9 heteroatoms. The van der Waals surface area contributed by atoms with E-state index in [1.807, 2.05) is 12.1 Å². The fourth-order valence-corrected chi connectivity index (χ4v) is 5.55. The van der Waals surface area contributed by atoms with E-state index >= 15 is 0 Å². The van der Waals surface area contributed by atoms with Gasteiger partial charge in [0.2, 0.25) is 0 Å². The first-order chi connectivity index (χ1) is 14.8. The number of rotatable bonds is 9. The third-order valence-corrected chi connectivity index (χ3v) is 7.69. The van der Waals surface area contributed by atoms with E-state index in [1.165, 1.54) is 27.8 Å². The molecule has 3 rings (SSSR count). The Balaban J connectivity index is 1.62. The zero-order valence-corrected chi connectivity index (χ0v) is 19.6. The number of hydrogen-bond acceptors (Lipinski definition) is 5. The first kappa shape index (κ1) is 23.1. The predicted molar refractivity (Wildman–Crippen MR) is 124 cm³/mol. The summed E-state index contributed by atoms with van der Waals surface area (Å²) in [5, 5.41) is 0. The van der Waals surface area contributed by atoms with Gasteiger partial charge >= 0.3 is 0 Å². The lowest BCUT2D eigenvalue weighted by Crippen LogP contribution is -2.31. The van der Waals surface area contributed by atoms with Crippen LogP contribution in [-0.2, 0) is 21.4 Å². The van der Waals surface area contributed by atoms with Crippen LogP contribution in [0.2, 0.25) is 4.34 Å². The zero-order valence-electron chi connectivity index (χ0n) is 17.2. The Labute approximate surface area is 191 Å². The highest BCUT2D eigenvalue weighted by Crippen LogP contribution is 2.25. The van der Waals surface area contributed by atoms with Gasteiger partial charge in [0, 0.05) is 18.5 Å². The second-order valence-electron chi connectivity index (χ2n) is 6.72. The Morgan fingerprint density at radius 1 is 1.03 bits per heavy atom. The largest absolute Gasteiger partial charge is 0.484 e. The predicted octanol–water partition coefficient (Wildman–Crippen LogP) is 4.65. The van der Waals surface area contributed by atoms with Crippen molar-refractivity contribution in [3.8, 4) is 5.75 Å². The molecular formula is C22H23ClN2O4S2. The van der Waals surface area contributed by atoms with Gasteiger partial charge in [-0.1, -0.05) is 29.8 Å². The number of hydrogen-bond donors (Lipinski definition) is 0. The van der Waals surface area contributed by atoms with Gasteiger partial charge in [0.15, 0.2) is 6.61 Å². The van der Waals surface area contributed by atoms with Crippen LogP contribution < -0.4 is 9.04 Å². The molecule has 0 bridgehead atoms. The third kappa shape index (κ3) is 5.78. The molecule has 6 nitrogen and oxygen atoms in total. The molecule has 1 aromatic heterocycles. The minimum atomic E-state index is -3.71. The highest BCUT2D eigenvalue weighted by molar-refractivity contribution is 7.92. The summed E-state index contributed by atoms with van der Waals surface area (Å²) in [7, 11) is -2.01. The Morgan fingerprint density at radius 2 is 1.71 bits per heavy atom. The van der Waals surface area contributed by atoms with Crippen molar-refractivity contribution in [1.29, 1.82) is 0 Å². The van der Waals surface area contributed by atoms with Crippen molar-refractivity contribution in [2.45, 2.75) is 18.4 Å². The number of sulfonamides is 1. The van der Waals surface area contributed by atoms with Gasteiger partial charge in [-0.25, -0.2) is 8.42 Å². The molecule has 0 aliphatic rings. The van der Waals surface area contributed by atoms with Crippen molar-refractivity contribution >= 4 is 44.6 Å². The number of amides is 1. The summed E-state index contributed by atoms with van der Waals surface area (Å²) in [5.41, 5.74) is 0.603. The van der Waals surface area contributed by atoms with E-state index in [1.54, 1.807) is 61.3 Å². The van der Waals surface area contributed by atoms with E-state index in [9.17, 15) is 13.2 Å². The first-order valence-corrected chi connectivity index (χ1v) is 12.2. The molecule has 31 heavy (non-hydrogen) atoms. The highest BCUT2D eigenvalue weighted by Gasteiger charge is 2.23. The summed E-state index contributed by atoms with van der Waals surface area (Å²) in [5.74, 6) is 0.227. The lowest BCUT2D eigenvalue weighted by Gasteiger charge is -2.23. The zero-order chi connectivity index (χ0) is 22.4. The molecule has 0 saturated carbocycles. The minimum Gasteiger partial charge on any atom is -0.484 e. The van der Waals surface area contributed by atoms with Crippen LogP contribution in [0, 0.1) is 0 Å². The van der Waals surface area contributed by atoms with Crippen LogP contribution in [0.4, 0.5) is 5.69 Å². The molecular weight excluding hydrogens is 456 g/mol. The van der Waals surface area contributed by atoms with Crippen LogP contribution in [0.25, 0.3) is 0 Å².